The maximum absolute atomic E-state index is 11.9. The average molecular weight is 843 g/mol. The Labute approximate surface area is 364 Å². The molecule has 0 amide bonds. The lowest BCUT2D eigenvalue weighted by atomic mass is 9.50. The first-order valence-corrected chi connectivity index (χ1v) is 25.0. The Kier molecular flexibility index (Phi) is 14.8. The molecule has 60 heavy (non-hydrogen) atoms. The first-order chi connectivity index (χ1) is 28.3. The van der Waals surface area contributed by atoms with Crippen LogP contribution >= 0.6 is 0 Å². The lowest BCUT2D eigenvalue weighted by molar-refractivity contribution is -0.222. The minimum Gasteiger partial charge on any atom is -0.464 e. The van der Waals surface area contributed by atoms with Crippen molar-refractivity contribution in [2.75, 3.05) is 33.0 Å². The molecular formula is C51H86O9. The molecule has 0 aromatic carbocycles. The second kappa shape index (κ2) is 19.1. The maximum Gasteiger partial charge on any atom is 0.335 e. The molecule has 3 aliphatic heterocycles. The highest BCUT2D eigenvalue weighted by atomic mass is 16.6. The van der Waals surface area contributed by atoms with Gasteiger partial charge in [0, 0.05) is 39.1 Å². The average Bonchev–Trinajstić information content (AvgIpc) is 3.49. The number of aliphatic hydroxyl groups is 1. The third kappa shape index (κ3) is 11.3. The van der Waals surface area contributed by atoms with Crippen LogP contribution in [0.3, 0.4) is 0 Å². The molecule has 0 radical (unpaired) electrons. The summed E-state index contributed by atoms with van der Waals surface area (Å²) < 4.78 is 34.4. The van der Waals surface area contributed by atoms with Crippen molar-refractivity contribution in [3.8, 4) is 0 Å². The lowest BCUT2D eigenvalue weighted by Gasteiger charge is -2.59. The third-order valence-corrected chi connectivity index (χ3v) is 16.1. The van der Waals surface area contributed by atoms with Crippen LogP contribution in [0.2, 0.25) is 0 Å². The quantitative estimate of drug-likeness (QED) is 0.192. The minimum atomic E-state index is -0.374. The van der Waals surface area contributed by atoms with Gasteiger partial charge < -0.3 is 33.5 Å². The second-order valence-corrected chi connectivity index (χ2v) is 24.0. The van der Waals surface area contributed by atoms with Crippen LogP contribution in [0.4, 0.5) is 0 Å². The number of esters is 2. The molecule has 7 unspecified atom stereocenters. The van der Waals surface area contributed by atoms with Crippen molar-refractivity contribution in [2.24, 2.45) is 71.0 Å². The van der Waals surface area contributed by atoms with Gasteiger partial charge in [0.2, 0.25) is 0 Å². The molecule has 10 saturated carbocycles. The van der Waals surface area contributed by atoms with Gasteiger partial charge in [-0.3, -0.25) is 4.79 Å². The fourth-order valence-corrected chi connectivity index (χ4v) is 14.2. The van der Waals surface area contributed by atoms with E-state index in [1.54, 1.807) is 0 Å². The zero-order chi connectivity index (χ0) is 43.0. The summed E-state index contributed by atoms with van der Waals surface area (Å²) in [5.41, 5.74) is -0.144. The highest BCUT2D eigenvalue weighted by Crippen LogP contribution is 2.60. The third-order valence-electron chi connectivity index (χ3n) is 16.1. The standard InChI is InChI=1S/C15H26O.C14H22O3.C14H24O2.C8H14O3/c1-10(2)9-16-15(3)13-5-11-4-12(7-13)8-14(15)6-11;1-9(2)8-16-14-5-10-3-11(6-14)13(15)17-12(4-10)7-14;1-10(2)8-16-14-6-11-3-12(7-14)5-13(15,4-11)9-14;1-6(2)5-11-7-3-4-10-8(7)9/h10-14H,4-9H2,1-3H3;9-12H,3-8H2,1-2H3;10-12,15H,3-9H2,1-2H3;6-7H,3-5H2,1-2H3. The summed E-state index contributed by atoms with van der Waals surface area (Å²) in [6.45, 7) is 23.6. The van der Waals surface area contributed by atoms with Crippen molar-refractivity contribution >= 4 is 11.9 Å². The maximum atomic E-state index is 11.9. The largest absolute Gasteiger partial charge is 0.464 e. The van der Waals surface area contributed by atoms with E-state index in [2.05, 4.69) is 62.3 Å². The van der Waals surface area contributed by atoms with Gasteiger partial charge in [0.05, 0.1) is 41.5 Å². The lowest BCUT2D eigenvalue weighted by Crippen LogP contribution is -2.60. The van der Waals surface area contributed by atoms with Gasteiger partial charge in [0.1, 0.15) is 6.10 Å². The fourth-order valence-electron chi connectivity index (χ4n) is 14.2. The van der Waals surface area contributed by atoms with Crippen LogP contribution in [0.25, 0.3) is 0 Å². The van der Waals surface area contributed by atoms with Crippen molar-refractivity contribution in [1.29, 1.82) is 0 Å². The summed E-state index contributed by atoms with van der Waals surface area (Å²) in [4.78, 5) is 22.7. The molecule has 3 saturated heterocycles. The van der Waals surface area contributed by atoms with Gasteiger partial charge in [0.25, 0.3) is 0 Å². The molecule has 0 aromatic heterocycles. The number of rotatable bonds is 12. The molecule has 13 fully saturated rings. The fraction of sp³-hybridized carbons (Fsp3) is 0.961. The second-order valence-electron chi connectivity index (χ2n) is 24.0. The van der Waals surface area contributed by atoms with Crippen molar-refractivity contribution in [2.45, 2.75) is 206 Å². The number of ether oxygens (including phenoxy) is 6. The molecule has 9 heteroatoms. The van der Waals surface area contributed by atoms with Crippen molar-refractivity contribution in [1.82, 2.24) is 0 Å². The Morgan fingerprint density at radius 2 is 1.12 bits per heavy atom. The van der Waals surface area contributed by atoms with E-state index in [1.165, 1.54) is 51.4 Å². The predicted molar refractivity (Wildman–Crippen MR) is 233 cm³/mol. The Bertz CT molecular complexity index is 1400. The van der Waals surface area contributed by atoms with E-state index < -0.39 is 0 Å². The summed E-state index contributed by atoms with van der Waals surface area (Å²) in [5, 5.41) is 10.6. The zero-order valence-corrected chi connectivity index (χ0v) is 39.4. The number of carbonyl (C=O) groups excluding carboxylic acids is 2. The number of hydrogen-bond donors (Lipinski definition) is 1. The van der Waals surface area contributed by atoms with E-state index in [9.17, 15) is 14.7 Å². The molecule has 1 N–H and O–H groups in total. The molecule has 7 atom stereocenters. The van der Waals surface area contributed by atoms with Crippen LogP contribution < -0.4 is 0 Å². The number of fused-ring (bicyclic) bond motifs is 1. The minimum absolute atomic E-state index is 0.0345. The molecule has 0 aromatic rings. The summed E-state index contributed by atoms with van der Waals surface area (Å²) >= 11 is 0. The molecule has 10 aliphatic carbocycles. The van der Waals surface area contributed by atoms with E-state index in [0.717, 1.165) is 107 Å². The van der Waals surface area contributed by atoms with Crippen LogP contribution in [0, 0.1) is 71.0 Å². The molecule has 3 heterocycles. The van der Waals surface area contributed by atoms with Crippen molar-refractivity contribution in [3.05, 3.63) is 0 Å². The first-order valence-electron chi connectivity index (χ1n) is 25.0. The first kappa shape index (κ1) is 46.7. The van der Waals surface area contributed by atoms with Gasteiger partial charge in [-0.25, -0.2) is 4.79 Å². The van der Waals surface area contributed by atoms with E-state index in [-0.39, 0.29) is 52.5 Å². The topological polar surface area (TPSA) is 110 Å². The Balaban J connectivity index is 0.000000122. The zero-order valence-electron chi connectivity index (χ0n) is 39.4. The van der Waals surface area contributed by atoms with E-state index >= 15 is 0 Å². The van der Waals surface area contributed by atoms with Gasteiger partial charge in [-0.1, -0.05) is 55.4 Å². The number of cyclic esters (lactones) is 1. The van der Waals surface area contributed by atoms with Crippen LogP contribution in [-0.2, 0) is 38.0 Å². The molecule has 0 spiro atoms. The van der Waals surface area contributed by atoms with E-state index in [1.807, 2.05) is 0 Å². The summed E-state index contributed by atoms with van der Waals surface area (Å²) in [7, 11) is 0. The number of hydrogen-bond acceptors (Lipinski definition) is 9. The molecular weight excluding hydrogens is 757 g/mol. The molecule has 9 nitrogen and oxygen atoms in total. The molecule has 12 bridgehead atoms. The van der Waals surface area contributed by atoms with Crippen molar-refractivity contribution in [3.63, 3.8) is 0 Å². The Morgan fingerprint density at radius 1 is 0.583 bits per heavy atom. The Hall–Kier alpha value is -1.26. The van der Waals surface area contributed by atoms with Crippen LogP contribution in [0.5, 0.6) is 0 Å². The normalized spacial score (nSPS) is 43.7. The Morgan fingerprint density at radius 3 is 1.65 bits per heavy atom. The molecule has 13 rings (SSSR count). The van der Waals surface area contributed by atoms with Crippen LogP contribution in [-0.4, -0.2) is 84.7 Å². The van der Waals surface area contributed by atoms with Crippen molar-refractivity contribution < 1.29 is 43.1 Å². The van der Waals surface area contributed by atoms with Gasteiger partial charge in [-0.05, 0) is 162 Å². The van der Waals surface area contributed by atoms with Crippen LogP contribution in [0.1, 0.15) is 171 Å². The SMILES string of the molecule is CC(C)COC1(C)C2CC3CC(C2)CC1C3.CC(C)COC12CC3CC(C1)OC(=O)C(C3)C2.CC(C)COC12CC3CC(CC(O)(C3)C1)C2.CC(C)COC1CCOC1=O. The molecule has 13 aliphatic rings. The molecule has 344 valence electrons. The number of carbonyl (C=O) groups is 2. The summed E-state index contributed by atoms with van der Waals surface area (Å²) in [6.07, 6.45) is 19.7. The van der Waals surface area contributed by atoms with Gasteiger partial charge >= 0.3 is 11.9 Å². The van der Waals surface area contributed by atoms with E-state index in [4.69, 9.17) is 28.4 Å². The highest BCUT2D eigenvalue weighted by molar-refractivity contribution is 5.76. The van der Waals surface area contributed by atoms with Gasteiger partial charge in [-0.2, -0.15) is 0 Å². The summed E-state index contributed by atoms with van der Waals surface area (Å²) in [5.74, 6) is 8.22. The van der Waals surface area contributed by atoms with Gasteiger partial charge in [-0.15, -0.1) is 0 Å². The monoisotopic (exact) mass is 843 g/mol. The highest BCUT2D eigenvalue weighted by Gasteiger charge is 2.58. The summed E-state index contributed by atoms with van der Waals surface area (Å²) in [6, 6.07) is 0. The predicted octanol–water partition coefficient (Wildman–Crippen LogP) is 10.1. The van der Waals surface area contributed by atoms with Gasteiger partial charge in [0.15, 0.2) is 6.10 Å². The smallest absolute Gasteiger partial charge is 0.335 e. The van der Waals surface area contributed by atoms with E-state index in [0.29, 0.717) is 49.2 Å². The van der Waals surface area contributed by atoms with Crippen LogP contribution in [0.15, 0.2) is 0 Å².